The van der Waals surface area contributed by atoms with Crippen LogP contribution in [0.3, 0.4) is 0 Å². The van der Waals surface area contributed by atoms with Crippen LogP contribution in [-0.4, -0.2) is 17.2 Å². The molecule has 18 heavy (non-hydrogen) atoms. The number of carbonyl (C=O) groups is 1. The van der Waals surface area contributed by atoms with Crippen LogP contribution in [0.15, 0.2) is 29.2 Å². The molecule has 1 aromatic carbocycles. The lowest BCUT2D eigenvalue weighted by Crippen LogP contribution is -2.43. The normalized spacial score (nSPS) is 11.3. The van der Waals surface area contributed by atoms with E-state index in [9.17, 15) is 4.79 Å². The SMILES string of the molecule is CCC(C)(C)NC(=O)CSc1cccc(CN)c1. The quantitative estimate of drug-likeness (QED) is 0.778. The van der Waals surface area contributed by atoms with Crippen molar-refractivity contribution in [1.29, 1.82) is 0 Å². The molecule has 4 heteroatoms. The molecule has 100 valence electrons. The molecule has 0 bridgehead atoms. The lowest BCUT2D eigenvalue weighted by atomic mass is 10.0. The molecule has 1 aromatic rings. The van der Waals surface area contributed by atoms with Gasteiger partial charge in [0.15, 0.2) is 0 Å². The first-order chi connectivity index (χ1) is 8.46. The van der Waals surface area contributed by atoms with Gasteiger partial charge in [-0.3, -0.25) is 4.79 Å². The third-order valence-electron chi connectivity index (χ3n) is 2.87. The van der Waals surface area contributed by atoms with Gasteiger partial charge in [0.2, 0.25) is 5.91 Å². The minimum Gasteiger partial charge on any atom is -0.351 e. The third-order valence-corrected chi connectivity index (χ3v) is 3.86. The smallest absolute Gasteiger partial charge is 0.230 e. The van der Waals surface area contributed by atoms with Crippen LogP contribution in [0, 0.1) is 0 Å². The van der Waals surface area contributed by atoms with Gasteiger partial charge < -0.3 is 11.1 Å². The highest BCUT2D eigenvalue weighted by Crippen LogP contribution is 2.19. The first-order valence-corrected chi connectivity index (χ1v) is 7.18. The molecular formula is C14H22N2OS. The molecule has 0 radical (unpaired) electrons. The fraction of sp³-hybridized carbons (Fsp3) is 0.500. The van der Waals surface area contributed by atoms with Crippen LogP contribution >= 0.6 is 11.8 Å². The average Bonchev–Trinajstić information content (AvgIpc) is 2.36. The second-order valence-electron chi connectivity index (χ2n) is 4.93. The van der Waals surface area contributed by atoms with Crippen molar-refractivity contribution in [1.82, 2.24) is 5.32 Å². The minimum atomic E-state index is -0.128. The second kappa shape index (κ2) is 6.81. The summed E-state index contributed by atoms with van der Waals surface area (Å²) in [7, 11) is 0. The fourth-order valence-corrected chi connectivity index (χ4v) is 2.19. The Morgan fingerprint density at radius 1 is 1.44 bits per heavy atom. The molecule has 0 aliphatic carbocycles. The summed E-state index contributed by atoms with van der Waals surface area (Å²) in [6.45, 7) is 6.66. The Morgan fingerprint density at radius 2 is 2.17 bits per heavy atom. The van der Waals surface area contributed by atoms with E-state index in [0.717, 1.165) is 16.9 Å². The highest BCUT2D eigenvalue weighted by Gasteiger charge is 2.17. The summed E-state index contributed by atoms with van der Waals surface area (Å²) >= 11 is 1.54. The monoisotopic (exact) mass is 266 g/mol. The van der Waals surface area contributed by atoms with Crippen molar-refractivity contribution in [3.8, 4) is 0 Å². The molecule has 0 saturated heterocycles. The topological polar surface area (TPSA) is 55.1 Å². The molecule has 0 aromatic heterocycles. The van der Waals surface area contributed by atoms with Crippen molar-refractivity contribution in [2.24, 2.45) is 5.73 Å². The van der Waals surface area contributed by atoms with E-state index in [1.54, 1.807) is 11.8 Å². The van der Waals surface area contributed by atoms with Gasteiger partial charge in [0, 0.05) is 17.0 Å². The number of nitrogens with two attached hydrogens (primary N) is 1. The highest BCUT2D eigenvalue weighted by molar-refractivity contribution is 8.00. The predicted molar refractivity (Wildman–Crippen MR) is 77.6 cm³/mol. The molecule has 0 aliphatic heterocycles. The van der Waals surface area contributed by atoms with Gasteiger partial charge >= 0.3 is 0 Å². The van der Waals surface area contributed by atoms with E-state index in [2.05, 4.69) is 12.2 Å². The molecule has 0 aliphatic rings. The number of carbonyl (C=O) groups excluding carboxylic acids is 1. The molecule has 1 amide bonds. The van der Waals surface area contributed by atoms with Gasteiger partial charge in [-0.15, -0.1) is 11.8 Å². The second-order valence-corrected chi connectivity index (χ2v) is 5.97. The summed E-state index contributed by atoms with van der Waals surface area (Å²) in [5.41, 5.74) is 6.55. The lowest BCUT2D eigenvalue weighted by molar-refractivity contribution is -0.120. The van der Waals surface area contributed by atoms with Crippen LogP contribution in [-0.2, 0) is 11.3 Å². The number of hydrogen-bond donors (Lipinski definition) is 2. The summed E-state index contributed by atoms with van der Waals surface area (Å²) in [5, 5.41) is 3.02. The van der Waals surface area contributed by atoms with E-state index in [0.29, 0.717) is 12.3 Å². The fourth-order valence-electron chi connectivity index (χ4n) is 1.41. The average molecular weight is 266 g/mol. The maximum absolute atomic E-state index is 11.8. The number of hydrogen-bond acceptors (Lipinski definition) is 3. The van der Waals surface area contributed by atoms with Gasteiger partial charge in [0.1, 0.15) is 0 Å². The molecule has 0 fully saturated rings. The van der Waals surface area contributed by atoms with Gasteiger partial charge in [-0.25, -0.2) is 0 Å². The number of thioether (sulfide) groups is 1. The Labute approximate surface area is 114 Å². The van der Waals surface area contributed by atoms with Gasteiger partial charge in [-0.2, -0.15) is 0 Å². The first kappa shape index (κ1) is 15.1. The zero-order valence-electron chi connectivity index (χ0n) is 11.3. The number of amides is 1. The van der Waals surface area contributed by atoms with E-state index in [1.807, 2.05) is 38.1 Å². The number of rotatable bonds is 6. The maximum Gasteiger partial charge on any atom is 0.230 e. The molecular weight excluding hydrogens is 244 g/mol. The molecule has 0 atom stereocenters. The van der Waals surface area contributed by atoms with Crippen molar-refractivity contribution >= 4 is 17.7 Å². The van der Waals surface area contributed by atoms with E-state index >= 15 is 0 Å². The molecule has 1 rings (SSSR count). The molecule has 0 unspecified atom stereocenters. The Balaban J connectivity index is 2.47. The molecule has 0 saturated carbocycles. The number of nitrogens with one attached hydrogen (secondary N) is 1. The Hall–Kier alpha value is -1.00. The van der Waals surface area contributed by atoms with Crippen LogP contribution in [0.5, 0.6) is 0 Å². The van der Waals surface area contributed by atoms with Crippen LogP contribution in [0.1, 0.15) is 32.8 Å². The minimum absolute atomic E-state index is 0.0741. The van der Waals surface area contributed by atoms with Crippen molar-refractivity contribution < 1.29 is 4.79 Å². The zero-order valence-corrected chi connectivity index (χ0v) is 12.1. The van der Waals surface area contributed by atoms with Gasteiger partial charge in [0.25, 0.3) is 0 Å². The maximum atomic E-state index is 11.8. The van der Waals surface area contributed by atoms with Gasteiger partial charge in [-0.1, -0.05) is 19.1 Å². The molecule has 3 nitrogen and oxygen atoms in total. The Kier molecular flexibility index (Phi) is 5.69. The van der Waals surface area contributed by atoms with Crippen LogP contribution in [0.4, 0.5) is 0 Å². The summed E-state index contributed by atoms with van der Waals surface area (Å²) in [6, 6.07) is 7.99. The summed E-state index contributed by atoms with van der Waals surface area (Å²) in [4.78, 5) is 12.9. The Bertz CT molecular complexity index is 405. The summed E-state index contributed by atoms with van der Waals surface area (Å²) in [5.74, 6) is 0.516. The van der Waals surface area contributed by atoms with E-state index < -0.39 is 0 Å². The zero-order chi connectivity index (χ0) is 13.6. The van der Waals surface area contributed by atoms with Crippen molar-refractivity contribution in [2.75, 3.05) is 5.75 Å². The lowest BCUT2D eigenvalue weighted by Gasteiger charge is -2.24. The Morgan fingerprint density at radius 3 is 2.78 bits per heavy atom. The van der Waals surface area contributed by atoms with Crippen LogP contribution in [0.2, 0.25) is 0 Å². The van der Waals surface area contributed by atoms with Gasteiger partial charge in [0.05, 0.1) is 5.75 Å². The first-order valence-electron chi connectivity index (χ1n) is 6.19. The third kappa shape index (κ3) is 5.10. The van der Waals surface area contributed by atoms with Crippen molar-refractivity contribution in [3.63, 3.8) is 0 Å². The highest BCUT2D eigenvalue weighted by atomic mass is 32.2. The van der Waals surface area contributed by atoms with Crippen molar-refractivity contribution in [3.05, 3.63) is 29.8 Å². The van der Waals surface area contributed by atoms with Crippen LogP contribution in [0.25, 0.3) is 0 Å². The summed E-state index contributed by atoms with van der Waals surface area (Å²) < 4.78 is 0. The van der Waals surface area contributed by atoms with Gasteiger partial charge in [-0.05, 0) is 38.0 Å². The molecule has 0 heterocycles. The molecule has 0 spiro atoms. The van der Waals surface area contributed by atoms with E-state index in [1.165, 1.54) is 0 Å². The van der Waals surface area contributed by atoms with E-state index in [-0.39, 0.29) is 11.4 Å². The molecule has 3 N–H and O–H groups in total. The number of benzene rings is 1. The van der Waals surface area contributed by atoms with Crippen LogP contribution < -0.4 is 11.1 Å². The largest absolute Gasteiger partial charge is 0.351 e. The standard InChI is InChI=1S/C14H22N2OS/c1-4-14(2,3)16-13(17)10-18-12-7-5-6-11(8-12)9-15/h5-8H,4,9-10,15H2,1-3H3,(H,16,17). The van der Waals surface area contributed by atoms with Crippen molar-refractivity contribution in [2.45, 2.75) is 44.2 Å². The predicted octanol–water partition coefficient (Wildman–Crippen LogP) is 2.54. The summed E-state index contributed by atoms with van der Waals surface area (Å²) in [6.07, 6.45) is 0.923. The van der Waals surface area contributed by atoms with E-state index in [4.69, 9.17) is 5.73 Å².